The van der Waals surface area contributed by atoms with Crippen LogP contribution in [0.4, 0.5) is 8.78 Å². The Morgan fingerprint density at radius 2 is 1.81 bits per heavy atom. The van der Waals surface area contributed by atoms with Crippen LogP contribution in [0.5, 0.6) is 0 Å². The van der Waals surface area contributed by atoms with E-state index in [-0.39, 0.29) is 19.0 Å². The normalized spacial score (nSPS) is 25.6. The van der Waals surface area contributed by atoms with Crippen LogP contribution in [-0.2, 0) is 4.79 Å². The Hall–Kier alpha value is -0.750. The van der Waals surface area contributed by atoms with Crippen LogP contribution in [0.25, 0.3) is 0 Å². The van der Waals surface area contributed by atoms with Crippen LogP contribution in [0.2, 0.25) is 0 Å². The molecular formula is C15H27F2N3O. The second-order valence-corrected chi connectivity index (χ2v) is 7.19. The van der Waals surface area contributed by atoms with Crippen molar-refractivity contribution in [1.82, 2.24) is 15.1 Å². The van der Waals surface area contributed by atoms with E-state index >= 15 is 0 Å². The first kappa shape index (κ1) is 16.6. The van der Waals surface area contributed by atoms with Gasteiger partial charge in [0.1, 0.15) is 0 Å². The van der Waals surface area contributed by atoms with Gasteiger partial charge in [0.05, 0.1) is 18.5 Å². The van der Waals surface area contributed by atoms with Gasteiger partial charge in [0.2, 0.25) is 5.91 Å². The highest BCUT2D eigenvalue weighted by Gasteiger charge is 2.49. The summed E-state index contributed by atoms with van der Waals surface area (Å²) in [5, 5.41) is 3.01. The molecule has 0 aromatic heterocycles. The number of likely N-dealkylation sites (tertiary alicyclic amines) is 2. The summed E-state index contributed by atoms with van der Waals surface area (Å²) in [6.45, 7) is 6.49. The van der Waals surface area contributed by atoms with Crippen molar-refractivity contribution in [3.05, 3.63) is 0 Å². The molecule has 2 saturated heterocycles. The first-order chi connectivity index (χ1) is 9.72. The van der Waals surface area contributed by atoms with Gasteiger partial charge >= 0.3 is 0 Å². The number of halogens is 2. The molecule has 0 unspecified atom stereocenters. The molecular weight excluding hydrogens is 276 g/mol. The second-order valence-electron chi connectivity index (χ2n) is 7.19. The first-order valence-electron chi connectivity index (χ1n) is 7.79. The standard InChI is InChI=1S/C15H27F2N3O/c1-12(2)8-18-13(21)14(4-6-19(3)7-5-14)9-20-10-15(16,17)11-20/h12H,4-11H2,1-3H3,(H,18,21). The Morgan fingerprint density at radius 1 is 1.24 bits per heavy atom. The molecule has 0 atom stereocenters. The van der Waals surface area contributed by atoms with Crippen LogP contribution in [0.15, 0.2) is 0 Å². The molecule has 2 aliphatic heterocycles. The highest BCUT2D eigenvalue weighted by Crippen LogP contribution is 2.36. The zero-order chi connectivity index (χ0) is 15.7. The van der Waals surface area contributed by atoms with Crippen LogP contribution in [0.1, 0.15) is 26.7 Å². The van der Waals surface area contributed by atoms with Crippen molar-refractivity contribution in [1.29, 1.82) is 0 Å². The fourth-order valence-electron chi connectivity index (χ4n) is 3.14. The van der Waals surface area contributed by atoms with Crippen LogP contribution in [0, 0.1) is 11.3 Å². The molecule has 0 aromatic rings. The number of hydrogen-bond acceptors (Lipinski definition) is 3. The molecule has 2 aliphatic rings. The second kappa shape index (κ2) is 6.16. The summed E-state index contributed by atoms with van der Waals surface area (Å²) in [7, 11) is 2.04. The van der Waals surface area contributed by atoms with Gasteiger partial charge in [-0.25, -0.2) is 8.78 Å². The van der Waals surface area contributed by atoms with Gasteiger partial charge in [0.15, 0.2) is 0 Å². The lowest BCUT2D eigenvalue weighted by atomic mass is 9.76. The van der Waals surface area contributed by atoms with E-state index < -0.39 is 11.3 Å². The number of nitrogens with one attached hydrogen (secondary N) is 1. The average molecular weight is 303 g/mol. The molecule has 2 heterocycles. The van der Waals surface area contributed by atoms with E-state index in [2.05, 4.69) is 24.1 Å². The highest BCUT2D eigenvalue weighted by molar-refractivity contribution is 5.83. The Labute approximate surface area is 125 Å². The van der Waals surface area contributed by atoms with Crippen LogP contribution >= 0.6 is 0 Å². The molecule has 122 valence electrons. The van der Waals surface area contributed by atoms with Crippen LogP contribution in [-0.4, -0.2) is 67.9 Å². The number of nitrogens with zero attached hydrogens (tertiary/aromatic N) is 2. The monoisotopic (exact) mass is 303 g/mol. The largest absolute Gasteiger partial charge is 0.355 e. The van der Waals surface area contributed by atoms with Gasteiger partial charge in [-0.3, -0.25) is 9.69 Å². The molecule has 0 saturated carbocycles. The van der Waals surface area contributed by atoms with Crippen molar-refractivity contribution >= 4 is 5.91 Å². The van der Waals surface area contributed by atoms with Gasteiger partial charge in [-0.15, -0.1) is 0 Å². The van der Waals surface area contributed by atoms with Crippen molar-refractivity contribution in [2.75, 3.05) is 46.3 Å². The Morgan fingerprint density at radius 3 is 2.29 bits per heavy atom. The Bertz CT molecular complexity index is 371. The minimum atomic E-state index is -2.57. The predicted octanol–water partition coefficient (Wildman–Crippen LogP) is 1.42. The number of piperidine rings is 1. The van der Waals surface area contributed by atoms with Crippen LogP contribution < -0.4 is 5.32 Å². The summed E-state index contributed by atoms with van der Waals surface area (Å²) in [5.41, 5.74) is -0.502. The molecule has 0 bridgehead atoms. The maximum Gasteiger partial charge on any atom is 0.272 e. The lowest BCUT2D eigenvalue weighted by Gasteiger charge is -2.47. The molecule has 0 aromatic carbocycles. The smallest absolute Gasteiger partial charge is 0.272 e. The van der Waals surface area contributed by atoms with Crippen molar-refractivity contribution in [2.45, 2.75) is 32.6 Å². The van der Waals surface area contributed by atoms with Crippen molar-refractivity contribution in [3.63, 3.8) is 0 Å². The van der Waals surface area contributed by atoms with E-state index in [0.29, 0.717) is 19.0 Å². The van der Waals surface area contributed by atoms with Gasteiger partial charge in [-0.1, -0.05) is 13.8 Å². The first-order valence-corrected chi connectivity index (χ1v) is 7.79. The maximum absolute atomic E-state index is 13.0. The molecule has 21 heavy (non-hydrogen) atoms. The number of amides is 1. The molecule has 2 rings (SSSR count). The van der Waals surface area contributed by atoms with E-state index in [1.165, 1.54) is 0 Å². The molecule has 0 radical (unpaired) electrons. The fraction of sp³-hybridized carbons (Fsp3) is 0.933. The minimum Gasteiger partial charge on any atom is -0.355 e. The lowest BCUT2D eigenvalue weighted by Crippen LogP contribution is -2.62. The summed E-state index contributed by atoms with van der Waals surface area (Å²) >= 11 is 0. The van der Waals surface area contributed by atoms with E-state index in [9.17, 15) is 13.6 Å². The maximum atomic E-state index is 13.0. The SMILES string of the molecule is CC(C)CNC(=O)C1(CN2CC(F)(F)C2)CCN(C)CC1. The Kier molecular flexibility index (Phi) is 4.88. The van der Waals surface area contributed by atoms with Gasteiger partial charge in [0.25, 0.3) is 5.92 Å². The molecule has 4 nitrogen and oxygen atoms in total. The number of alkyl halides is 2. The number of carbonyl (C=O) groups is 1. The number of rotatable bonds is 5. The molecule has 0 spiro atoms. The zero-order valence-corrected chi connectivity index (χ0v) is 13.3. The van der Waals surface area contributed by atoms with E-state index in [1.54, 1.807) is 4.90 Å². The van der Waals surface area contributed by atoms with Gasteiger partial charge in [0, 0.05) is 13.1 Å². The quantitative estimate of drug-likeness (QED) is 0.834. The van der Waals surface area contributed by atoms with Crippen molar-refractivity contribution in [2.24, 2.45) is 11.3 Å². The summed E-state index contributed by atoms with van der Waals surface area (Å²) in [6, 6.07) is 0. The van der Waals surface area contributed by atoms with Gasteiger partial charge < -0.3 is 10.2 Å². The van der Waals surface area contributed by atoms with Gasteiger partial charge in [-0.05, 0) is 38.9 Å². The summed E-state index contributed by atoms with van der Waals surface area (Å²) in [4.78, 5) is 16.5. The van der Waals surface area contributed by atoms with E-state index in [1.807, 2.05) is 7.05 Å². The highest BCUT2D eigenvalue weighted by atomic mass is 19.3. The third-order valence-electron chi connectivity index (χ3n) is 4.53. The third kappa shape index (κ3) is 4.13. The topological polar surface area (TPSA) is 35.6 Å². The summed E-state index contributed by atoms with van der Waals surface area (Å²) < 4.78 is 26.1. The number of hydrogen-bond donors (Lipinski definition) is 1. The average Bonchev–Trinajstić information content (AvgIpc) is 2.36. The molecule has 6 heteroatoms. The van der Waals surface area contributed by atoms with E-state index in [4.69, 9.17) is 0 Å². The van der Waals surface area contributed by atoms with E-state index in [0.717, 1.165) is 25.9 Å². The lowest BCUT2D eigenvalue weighted by molar-refractivity contribution is -0.156. The van der Waals surface area contributed by atoms with Gasteiger partial charge in [-0.2, -0.15) is 0 Å². The third-order valence-corrected chi connectivity index (χ3v) is 4.53. The number of carbonyl (C=O) groups excluding carboxylic acids is 1. The fourth-order valence-corrected chi connectivity index (χ4v) is 3.14. The van der Waals surface area contributed by atoms with Crippen molar-refractivity contribution in [3.8, 4) is 0 Å². The van der Waals surface area contributed by atoms with Crippen molar-refractivity contribution < 1.29 is 13.6 Å². The predicted molar refractivity (Wildman–Crippen MR) is 78.4 cm³/mol. The zero-order valence-electron chi connectivity index (χ0n) is 13.3. The molecule has 1 N–H and O–H groups in total. The minimum absolute atomic E-state index is 0.0412. The molecule has 1 amide bonds. The van der Waals surface area contributed by atoms with Crippen LogP contribution in [0.3, 0.4) is 0 Å². The summed E-state index contributed by atoms with van der Waals surface area (Å²) in [5.74, 6) is -2.13. The molecule has 0 aliphatic carbocycles. The molecule has 2 fully saturated rings. The Balaban J connectivity index is 1.99. The summed E-state index contributed by atoms with van der Waals surface area (Å²) in [6.07, 6.45) is 1.49.